The molecule has 0 bridgehead atoms. The molecular formula is C17H16F3N5OS. The summed E-state index contributed by atoms with van der Waals surface area (Å²) in [6.07, 6.45) is 0. The topological polar surface area (TPSA) is 72.2 Å². The quantitative estimate of drug-likeness (QED) is 0.673. The number of carbonyl (C=O) groups is 1. The minimum atomic E-state index is -1.05. The Labute approximate surface area is 157 Å². The van der Waals surface area contributed by atoms with Crippen molar-refractivity contribution in [2.45, 2.75) is 37.7 Å². The third-order valence-electron chi connectivity index (χ3n) is 3.80. The van der Waals surface area contributed by atoms with Gasteiger partial charge in [0.25, 0.3) is 5.78 Å². The summed E-state index contributed by atoms with van der Waals surface area (Å²) >= 11 is 1.10. The number of aryl methyl sites for hydroxylation is 2. The Morgan fingerprint density at radius 1 is 1.19 bits per heavy atom. The smallest absolute Gasteiger partial charge is 0.253 e. The molecule has 1 N–H and O–H groups in total. The van der Waals surface area contributed by atoms with Crippen LogP contribution >= 0.6 is 11.8 Å². The second-order valence-corrected chi connectivity index (χ2v) is 7.28. The van der Waals surface area contributed by atoms with E-state index in [0.717, 1.165) is 23.1 Å². The minimum absolute atomic E-state index is 0.359. The molecule has 1 amide bonds. The van der Waals surface area contributed by atoms with E-state index in [9.17, 15) is 18.0 Å². The normalized spacial score (nSPS) is 12.4. The molecule has 0 aliphatic carbocycles. The summed E-state index contributed by atoms with van der Waals surface area (Å²) in [5.74, 6) is -3.14. The molecule has 0 saturated heterocycles. The Kier molecular flexibility index (Phi) is 5.36. The Morgan fingerprint density at radius 3 is 2.52 bits per heavy atom. The van der Waals surface area contributed by atoms with Crippen LogP contribution in [0.25, 0.3) is 5.78 Å². The van der Waals surface area contributed by atoms with Crippen molar-refractivity contribution in [1.29, 1.82) is 0 Å². The number of thioether (sulfide) groups is 1. The van der Waals surface area contributed by atoms with Crippen molar-refractivity contribution in [3.63, 3.8) is 0 Å². The van der Waals surface area contributed by atoms with Gasteiger partial charge < -0.3 is 5.32 Å². The van der Waals surface area contributed by atoms with E-state index in [1.165, 1.54) is 0 Å². The standard InChI is InChI=1S/C17H16F3N5OS/c1-8-4-9(2)25-16(22-8)23-17(24-25)27-10(3)15(26)21-7-12-13(19)5-11(18)6-14(12)20/h4-6,10H,7H2,1-3H3,(H,21,26). The third-order valence-corrected chi connectivity index (χ3v) is 4.75. The van der Waals surface area contributed by atoms with Crippen LogP contribution < -0.4 is 5.32 Å². The predicted octanol–water partition coefficient (Wildman–Crippen LogP) is 2.96. The Hall–Kier alpha value is -2.62. The molecule has 6 nitrogen and oxygen atoms in total. The Bertz CT molecular complexity index is 1000. The van der Waals surface area contributed by atoms with Crippen molar-refractivity contribution in [3.05, 3.63) is 52.6 Å². The highest BCUT2D eigenvalue weighted by molar-refractivity contribution is 8.00. The molecule has 0 fully saturated rings. The summed E-state index contributed by atoms with van der Waals surface area (Å²) in [5, 5.41) is 6.47. The van der Waals surface area contributed by atoms with Gasteiger partial charge in [-0.25, -0.2) is 22.7 Å². The molecular weight excluding hydrogens is 379 g/mol. The van der Waals surface area contributed by atoms with Gasteiger partial charge in [0.15, 0.2) is 0 Å². The van der Waals surface area contributed by atoms with E-state index in [4.69, 9.17) is 0 Å². The average molecular weight is 395 g/mol. The molecule has 1 atom stereocenters. The number of nitrogens with one attached hydrogen (secondary N) is 1. The first-order valence-corrected chi connectivity index (χ1v) is 8.91. The van der Waals surface area contributed by atoms with Crippen LogP contribution in [0.15, 0.2) is 23.4 Å². The lowest BCUT2D eigenvalue weighted by atomic mass is 10.2. The average Bonchev–Trinajstić information content (AvgIpc) is 2.96. The Morgan fingerprint density at radius 2 is 1.85 bits per heavy atom. The number of hydrogen-bond donors (Lipinski definition) is 1. The van der Waals surface area contributed by atoms with Crippen LogP contribution in [-0.4, -0.2) is 30.7 Å². The van der Waals surface area contributed by atoms with Crippen molar-refractivity contribution >= 4 is 23.4 Å². The maximum atomic E-state index is 13.6. The minimum Gasteiger partial charge on any atom is -0.351 e. The molecule has 27 heavy (non-hydrogen) atoms. The highest BCUT2D eigenvalue weighted by Gasteiger charge is 2.19. The molecule has 0 aliphatic rings. The first kappa shape index (κ1) is 19.2. The van der Waals surface area contributed by atoms with Crippen molar-refractivity contribution in [2.75, 3.05) is 0 Å². The molecule has 3 rings (SSSR count). The van der Waals surface area contributed by atoms with Crippen LogP contribution in [0.5, 0.6) is 0 Å². The van der Waals surface area contributed by atoms with Gasteiger partial charge in [0.05, 0.1) is 5.25 Å². The number of rotatable bonds is 5. The monoisotopic (exact) mass is 395 g/mol. The zero-order valence-corrected chi connectivity index (χ0v) is 15.6. The number of aromatic nitrogens is 4. The fraction of sp³-hybridized carbons (Fsp3) is 0.294. The summed E-state index contributed by atoms with van der Waals surface area (Å²) in [6, 6.07) is 3.00. The number of fused-ring (bicyclic) bond motifs is 1. The molecule has 0 radical (unpaired) electrons. The molecule has 2 heterocycles. The van der Waals surface area contributed by atoms with Gasteiger partial charge in [-0.1, -0.05) is 11.8 Å². The molecule has 10 heteroatoms. The van der Waals surface area contributed by atoms with E-state index in [-0.39, 0.29) is 6.54 Å². The lowest BCUT2D eigenvalue weighted by molar-refractivity contribution is -0.120. The zero-order chi connectivity index (χ0) is 19.7. The first-order chi connectivity index (χ1) is 12.7. The van der Waals surface area contributed by atoms with Gasteiger partial charge >= 0.3 is 0 Å². The van der Waals surface area contributed by atoms with Gasteiger partial charge in [-0.05, 0) is 26.8 Å². The van der Waals surface area contributed by atoms with Gasteiger partial charge in [0.1, 0.15) is 17.5 Å². The molecule has 0 saturated carbocycles. The molecule has 142 valence electrons. The van der Waals surface area contributed by atoms with E-state index in [0.29, 0.717) is 23.1 Å². The lowest BCUT2D eigenvalue weighted by Crippen LogP contribution is -2.31. The predicted molar refractivity (Wildman–Crippen MR) is 93.7 cm³/mol. The summed E-state index contributed by atoms with van der Waals surface area (Å²) < 4.78 is 41.8. The summed E-state index contributed by atoms with van der Waals surface area (Å²) in [4.78, 5) is 20.8. The van der Waals surface area contributed by atoms with E-state index in [1.54, 1.807) is 11.4 Å². The van der Waals surface area contributed by atoms with E-state index >= 15 is 0 Å². The maximum Gasteiger partial charge on any atom is 0.253 e. The third kappa shape index (κ3) is 4.21. The Balaban J connectivity index is 1.67. The number of nitrogens with zero attached hydrogens (tertiary/aromatic N) is 4. The number of amides is 1. The summed E-state index contributed by atoms with van der Waals surface area (Å²) in [7, 11) is 0. The van der Waals surface area contributed by atoms with E-state index in [1.807, 2.05) is 19.9 Å². The second kappa shape index (κ2) is 7.55. The second-order valence-electron chi connectivity index (χ2n) is 5.97. The molecule has 1 aromatic carbocycles. The fourth-order valence-corrected chi connectivity index (χ4v) is 3.24. The molecule has 2 aromatic heterocycles. The number of hydrogen-bond acceptors (Lipinski definition) is 5. The van der Waals surface area contributed by atoms with Crippen molar-refractivity contribution in [3.8, 4) is 0 Å². The van der Waals surface area contributed by atoms with Gasteiger partial charge in [0.2, 0.25) is 11.1 Å². The number of benzene rings is 1. The molecule has 0 spiro atoms. The molecule has 0 aliphatic heterocycles. The van der Waals surface area contributed by atoms with Crippen LogP contribution in [0.4, 0.5) is 13.2 Å². The number of halogens is 3. The SMILES string of the molecule is Cc1cc(C)n2nc(SC(C)C(=O)NCc3c(F)cc(F)cc3F)nc2n1. The molecule has 3 aromatic rings. The fourth-order valence-electron chi connectivity index (χ4n) is 2.47. The van der Waals surface area contributed by atoms with Crippen molar-refractivity contribution in [2.24, 2.45) is 0 Å². The first-order valence-electron chi connectivity index (χ1n) is 8.03. The highest BCUT2D eigenvalue weighted by Crippen LogP contribution is 2.21. The van der Waals surface area contributed by atoms with Crippen molar-refractivity contribution < 1.29 is 18.0 Å². The number of carbonyl (C=O) groups excluding carboxylic acids is 1. The van der Waals surface area contributed by atoms with Crippen LogP contribution in [0.2, 0.25) is 0 Å². The zero-order valence-electron chi connectivity index (χ0n) is 14.8. The van der Waals surface area contributed by atoms with E-state index < -0.39 is 34.2 Å². The highest BCUT2D eigenvalue weighted by atomic mass is 32.2. The lowest BCUT2D eigenvalue weighted by Gasteiger charge is -2.11. The van der Waals surface area contributed by atoms with Crippen LogP contribution in [-0.2, 0) is 11.3 Å². The maximum absolute atomic E-state index is 13.6. The van der Waals surface area contributed by atoms with Crippen LogP contribution in [0, 0.1) is 31.3 Å². The van der Waals surface area contributed by atoms with Gasteiger partial charge in [-0.15, -0.1) is 5.10 Å². The largest absolute Gasteiger partial charge is 0.351 e. The van der Waals surface area contributed by atoms with Gasteiger partial charge in [-0.2, -0.15) is 4.98 Å². The van der Waals surface area contributed by atoms with Gasteiger partial charge in [-0.3, -0.25) is 4.79 Å². The van der Waals surface area contributed by atoms with Crippen molar-refractivity contribution in [1.82, 2.24) is 24.9 Å². The summed E-state index contributed by atoms with van der Waals surface area (Å²) in [5.41, 5.74) is 1.26. The summed E-state index contributed by atoms with van der Waals surface area (Å²) in [6.45, 7) is 4.94. The van der Waals surface area contributed by atoms with Crippen LogP contribution in [0.3, 0.4) is 0 Å². The van der Waals surface area contributed by atoms with E-state index in [2.05, 4.69) is 20.4 Å². The molecule has 1 unspecified atom stereocenters. The van der Waals surface area contributed by atoms with Gasteiger partial charge in [0, 0.05) is 35.6 Å². The van der Waals surface area contributed by atoms with Crippen LogP contribution in [0.1, 0.15) is 23.9 Å².